The molecule has 2 N–H and O–H groups in total. The number of rotatable bonds is 6. The van der Waals surface area contributed by atoms with E-state index >= 15 is 0 Å². The van der Waals surface area contributed by atoms with Gasteiger partial charge in [0.2, 0.25) is 0 Å². The lowest BCUT2D eigenvalue weighted by molar-refractivity contribution is 0.174. The fourth-order valence-corrected chi connectivity index (χ4v) is 2.13. The number of halogens is 1. The summed E-state index contributed by atoms with van der Waals surface area (Å²) in [5, 5.41) is 14.0. The van der Waals surface area contributed by atoms with E-state index < -0.39 is 6.10 Å². The van der Waals surface area contributed by atoms with Gasteiger partial charge in [0, 0.05) is 18.1 Å². The first kappa shape index (κ1) is 14.9. The number of benzene rings is 2. The van der Waals surface area contributed by atoms with Gasteiger partial charge in [-0.2, -0.15) is 0 Å². The Balaban J connectivity index is 1.85. The Morgan fingerprint density at radius 3 is 2.50 bits per heavy atom. The summed E-state index contributed by atoms with van der Waals surface area (Å²) in [5.41, 5.74) is 1.88. The Labute approximate surface area is 124 Å². The van der Waals surface area contributed by atoms with Gasteiger partial charge in [-0.05, 0) is 29.3 Å². The molecule has 1 unspecified atom stereocenters. The monoisotopic (exact) mass is 291 g/mol. The summed E-state index contributed by atoms with van der Waals surface area (Å²) in [7, 11) is 1.62. The maximum absolute atomic E-state index is 10.1. The average molecular weight is 292 g/mol. The third-order valence-electron chi connectivity index (χ3n) is 3.11. The summed E-state index contributed by atoms with van der Waals surface area (Å²) in [6.07, 6.45) is -0.552. The van der Waals surface area contributed by atoms with Crippen LogP contribution in [0.4, 0.5) is 0 Å². The van der Waals surface area contributed by atoms with Crippen LogP contribution in [-0.4, -0.2) is 18.8 Å². The fraction of sp³-hybridized carbons (Fsp3) is 0.250. The first-order valence-corrected chi connectivity index (χ1v) is 6.84. The van der Waals surface area contributed by atoms with Gasteiger partial charge in [-0.15, -0.1) is 0 Å². The molecule has 0 aliphatic rings. The summed E-state index contributed by atoms with van der Waals surface area (Å²) < 4.78 is 5.09. The van der Waals surface area contributed by atoms with Crippen molar-refractivity contribution in [2.45, 2.75) is 12.6 Å². The molecule has 106 valence electrons. The van der Waals surface area contributed by atoms with Crippen molar-refractivity contribution in [1.82, 2.24) is 5.32 Å². The van der Waals surface area contributed by atoms with Crippen LogP contribution in [0.1, 0.15) is 17.2 Å². The first-order valence-electron chi connectivity index (χ1n) is 6.47. The SMILES string of the molecule is COc1ccc(C(O)CNCc2ccccc2Cl)cc1. The highest BCUT2D eigenvalue weighted by molar-refractivity contribution is 6.31. The molecule has 0 spiro atoms. The van der Waals surface area contributed by atoms with E-state index in [0.717, 1.165) is 21.9 Å². The number of ether oxygens (including phenoxy) is 1. The van der Waals surface area contributed by atoms with E-state index in [1.165, 1.54) is 0 Å². The molecular formula is C16H18ClNO2. The molecule has 0 saturated heterocycles. The second kappa shape index (κ2) is 7.29. The van der Waals surface area contributed by atoms with Gasteiger partial charge in [0.1, 0.15) is 5.75 Å². The third kappa shape index (κ3) is 3.97. The Kier molecular flexibility index (Phi) is 5.41. The van der Waals surface area contributed by atoms with Crippen molar-refractivity contribution in [2.24, 2.45) is 0 Å². The van der Waals surface area contributed by atoms with Crippen LogP contribution in [0.25, 0.3) is 0 Å². The molecule has 0 heterocycles. The van der Waals surface area contributed by atoms with Gasteiger partial charge >= 0.3 is 0 Å². The van der Waals surface area contributed by atoms with E-state index in [9.17, 15) is 5.11 Å². The molecule has 2 aromatic carbocycles. The molecule has 3 nitrogen and oxygen atoms in total. The Morgan fingerprint density at radius 1 is 1.15 bits per heavy atom. The van der Waals surface area contributed by atoms with E-state index in [0.29, 0.717) is 13.1 Å². The maximum Gasteiger partial charge on any atom is 0.118 e. The van der Waals surface area contributed by atoms with Gasteiger partial charge in [-0.25, -0.2) is 0 Å². The Hall–Kier alpha value is -1.55. The minimum atomic E-state index is -0.552. The number of aliphatic hydroxyl groups excluding tert-OH is 1. The van der Waals surface area contributed by atoms with Gasteiger partial charge in [-0.1, -0.05) is 41.9 Å². The molecule has 20 heavy (non-hydrogen) atoms. The van der Waals surface area contributed by atoms with Gasteiger partial charge < -0.3 is 15.2 Å². The van der Waals surface area contributed by atoms with Crippen molar-refractivity contribution in [2.75, 3.05) is 13.7 Å². The highest BCUT2D eigenvalue weighted by Crippen LogP contribution is 2.18. The van der Waals surface area contributed by atoms with Crippen LogP contribution in [-0.2, 0) is 6.54 Å². The molecule has 4 heteroatoms. The van der Waals surface area contributed by atoms with Gasteiger partial charge in [0.05, 0.1) is 13.2 Å². The van der Waals surface area contributed by atoms with Crippen molar-refractivity contribution in [3.8, 4) is 5.75 Å². The first-order chi connectivity index (χ1) is 9.70. The van der Waals surface area contributed by atoms with Crippen molar-refractivity contribution in [3.63, 3.8) is 0 Å². The zero-order valence-electron chi connectivity index (χ0n) is 11.3. The molecule has 0 aromatic heterocycles. The summed E-state index contributed by atoms with van der Waals surface area (Å²) in [4.78, 5) is 0. The molecule has 0 aliphatic heterocycles. The number of hydrogen-bond acceptors (Lipinski definition) is 3. The Bertz CT molecular complexity index is 542. The smallest absolute Gasteiger partial charge is 0.118 e. The molecule has 0 radical (unpaired) electrons. The second-order valence-electron chi connectivity index (χ2n) is 4.51. The highest BCUT2D eigenvalue weighted by Gasteiger charge is 2.07. The number of hydrogen-bond donors (Lipinski definition) is 2. The van der Waals surface area contributed by atoms with E-state index in [4.69, 9.17) is 16.3 Å². The number of nitrogens with one attached hydrogen (secondary N) is 1. The molecule has 1 atom stereocenters. The molecule has 2 aromatic rings. The fourth-order valence-electron chi connectivity index (χ4n) is 1.93. The standard InChI is InChI=1S/C16H18ClNO2/c1-20-14-8-6-12(7-9-14)16(19)11-18-10-13-4-2-3-5-15(13)17/h2-9,16,18-19H,10-11H2,1H3. The number of methoxy groups -OCH3 is 1. The van der Waals surface area contributed by atoms with Crippen molar-refractivity contribution < 1.29 is 9.84 Å². The lowest BCUT2D eigenvalue weighted by Crippen LogP contribution is -2.21. The summed E-state index contributed by atoms with van der Waals surface area (Å²) in [5.74, 6) is 0.782. The van der Waals surface area contributed by atoms with Crippen LogP contribution < -0.4 is 10.1 Å². The van der Waals surface area contributed by atoms with Crippen molar-refractivity contribution in [3.05, 3.63) is 64.7 Å². The predicted molar refractivity (Wildman–Crippen MR) is 81.1 cm³/mol. The molecule has 0 amide bonds. The maximum atomic E-state index is 10.1. The van der Waals surface area contributed by atoms with Gasteiger partial charge in [0.15, 0.2) is 0 Å². The lowest BCUT2D eigenvalue weighted by Gasteiger charge is -2.13. The largest absolute Gasteiger partial charge is 0.497 e. The zero-order valence-corrected chi connectivity index (χ0v) is 12.1. The van der Waals surface area contributed by atoms with Gasteiger partial charge in [0.25, 0.3) is 0 Å². The minimum Gasteiger partial charge on any atom is -0.497 e. The molecule has 0 saturated carbocycles. The summed E-state index contributed by atoms with van der Waals surface area (Å²) in [6.45, 7) is 1.10. The van der Waals surface area contributed by atoms with Crippen LogP contribution in [0, 0.1) is 0 Å². The third-order valence-corrected chi connectivity index (χ3v) is 3.48. The molecule has 0 bridgehead atoms. The van der Waals surface area contributed by atoms with Gasteiger partial charge in [-0.3, -0.25) is 0 Å². The van der Waals surface area contributed by atoms with Crippen LogP contribution in [0.2, 0.25) is 5.02 Å². The normalized spacial score (nSPS) is 12.2. The topological polar surface area (TPSA) is 41.5 Å². The van der Waals surface area contributed by atoms with E-state index in [-0.39, 0.29) is 0 Å². The average Bonchev–Trinajstić information content (AvgIpc) is 2.49. The molecule has 2 rings (SSSR count). The molecular weight excluding hydrogens is 274 g/mol. The Morgan fingerprint density at radius 2 is 1.85 bits per heavy atom. The lowest BCUT2D eigenvalue weighted by atomic mass is 10.1. The van der Waals surface area contributed by atoms with Crippen molar-refractivity contribution >= 4 is 11.6 Å². The van der Waals surface area contributed by atoms with Crippen LogP contribution >= 0.6 is 11.6 Å². The predicted octanol–water partition coefficient (Wildman–Crippen LogP) is 3.17. The van der Waals surface area contributed by atoms with Crippen molar-refractivity contribution in [1.29, 1.82) is 0 Å². The van der Waals surface area contributed by atoms with Crippen LogP contribution in [0.3, 0.4) is 0 Å². The van der Waals surface area contributed by atoms with E-state index in [1.54, 1.807) is 7.11 Å². The van der Waals surface area contributed by atoms with E-state index in [2.05, 4.69) is 5.32 Å². The van der Waals surface area contributed by atoms with Crippen LogP contribution in [0.15, 0.2) is 48.5 Å². The number of aliphatic hydroxyl groups is 1. The minimum absolute atomic E-state index is 0.470. The summed E-state index contributed by atoms with van der Waals surface area (Å²) >= 11 is 6.07. The molecule has 0 aliphatic carbocycles. The quantitative estimate of drug-likeness (QED) is 0.859. The van der Waals surface area contributed by atoms with E-state index in [1.807, 2.05) is 48.5 Å². The summed E-state index contributed by atoms with van der Waals surface area (Å²) in [6, 6.07) is 15.1. The molecule has 0 fully saturated rings. The highest BCUT2D eigenvalue weighted by atomic mass is 35.5. The van der Waals surface area contributed by atoms with Crippen LogP contribution in [0.5, 0.6) is 5.75 Å². The zero-order chi connectivity index (χ0) is 14.4. The second-order valence-corrected chi connectivity index (χ2v) is 4.92.